The average molecular weight is 285 g/mol. The fourth-order valence-corrected chi connectivity index (χ4v) is 2.15. The fourth-order valence-electron chi connectivity index (χ4n) is 2.15. The second-order valence-electron chi connectivity index (χ2n) is 5.53. The van der Waals surface area contributed by atoms with Crippen LogP contribution in [0.1, 0.15) is 33.6 Å². The Kier molecular flexibility index (Phi) is 4.52. The van der Waals surface area contributed by atoms with Crippen LogP contribution in [0.15, 0.2) is 0 Å². The Hall–Kier alpha value is -1.92. The zero-order chi connectivity index (χ0) is 15.6. The highest BCUT2D eigenvalue weighted by atomic mass is 16.6. The number of rotatable bonds is 3. The van der Waals surface area contributed by atoms with E-state index in [2.05, 4.69) is 4.74 Å². The lowest BCUT2D eigenvalue weighted by Gasteiger charge is -2.34. The molecule has 1 aliphatic rings. The number of ether oxygens (including phenoxy) is 2. The lowest BCUT2D eigenvalue weighted by atomic mass is 9.91. The predicted molar refractivity (Wildman–Crippen MR) is 68.0 cm³/mol. The molecular formula is C13H19NO6. The van der Waals surface area contributed by atoms with Gasteiger partial charge < -0.3 is 14.3 Å². The molecule has 20 heavy (non-hydrogen) atoms. The predicted octanol–water partition coefficient (Wildman–Crippen LogP) is 0.697. The van der Waals surface area contributed by atoms with Crippen molar-refractivity contribution >= 4 is 24.1 Å². The van der Waals surface area contributed by atoms with Gasteiger partial charge in [0.1, 0.15) is 11.9 Å². The van der Waals surface area contributed by atoms with Gasteiger partial charge in [0.2, 0.25) is 5.54 Å². The number of hydrogen-bond donors (Lipinski definition) is 0. The number of carbonyl (C=O) groups excluding carboxylic acids is 4. The summed E-state index contributed by atoms with van der Waals surface area (Å²) >= 11 is 0. The first-order valence-corrected chi connectivity index (χ1v) is 6.25. The third-order valence-corrected chi connectivity index (χ3v) is 3.00. The standard InChI is InChI=1S/C13H19NO6/c1-12(2,3)20-11(18)14-7-5-9(16)13(14,6-8-15)10(17)19-4/h8H,5-7H2,1-4H3/t13-/m0/s1. The molecule has 0 aromatic carbocycles. The van der Waals surface area contributed by atoms with Crippen molar-refractivity contribution in [2.24, 2.45) is 0 Å². The third kappa shape index (κ3) is 2.81. The molecule has 1 fully saturated rings. The van der Waals surface area contributed by atoms with Crippen LogP contribution in [-0.2, 0) is 23.9 Å². The maximum atomic E-state index is 12.1. The van der Waals surface area contributed by atoms with E-state index >= 15 is 0 Å². The first-order chi connectivity index (χ1) is 9.19. The number of esters is 1. The molecule has 0 spiro atoms. The minimum Gasteiger partial charge on any atom is -0.467 e. The summed E-state index contributed by atoms with van der Waals surface area (Å²) in [6.07, 6.45) is -0.826. The van der Waals surface area contributed by atoms with Gasteiger partial charge in [-0.3, -0.25) is 9.69 Å². The Morgan fingerprint density at radius 3 is 2.45 bits per heavy atom. The largest absolute Gasteiger partial charge is 0.467 e. The van der Waals surface area contributed by atoms with E-state index in [-0.39, 0.29) is 13.0 Å². The van der Waals surface area contributed by atoms with E-state index in [0.717, 1.165) is 12.0 Å². The van der Waals surface area contributed by atoms with Gasteiger partial charge in [-0.1, -0.05) is 0 Å². The van der Waals surface area contributed by atoms with E-state index in [1.807, 2.05) is 0 Å². The van der Waals surface area contributed by atoms with Gasteiger partial charge >= 0.3 is 12.1 Å². The van der Waals surface area contributed by atoms with Crippen LogP contribution in [0.2, 0.25) is 0 Å². The topological polar surface area (TPSA) is 90.0 Å². The number of amides is 1. The lowest BCUT2D eigenvalue weighted by molar-refractivity contribution is -0.158. The van der Waals surface area contributed by atoms with Crippen molar-refractivity contribution in [2.45, 2.75) is 44.8 Å². The molecule has 1 heterocycles. The molecule has 7 nitrogen and oxygen atoms in total. The number of Topliss-reactive ketones (excluding diaryl/α,β-unsaturated/α-hetero) is 1. The second-order valence-corrected chi connectivity index (χ2v) is 5.53. The van der Waals surface area contributed by atoms with Crippen LogP contribution in [-0.4, -0.2) is 53.8 Å². The molecule has 0 saturated carbocycles. The van der Waals surface area contributed by atoms with Crippen LogP contribution in [0.4, 0.5) is 4.79 Å². The summed E-state index contributed by atoms with van der Waals surface area (Å²) in [5, 5.41) is 0. The Balaban J connectivity index is 3.16. The molecule has 0 aromatic rings. The van der Waals surface area contributed by atoms with Crippen molar-refractivity contribution in [1.82, 2.24) is 4.90 Å². The van der Waals surface area contributed by atoms with Crippen LogP contribution in [0.5, 0.6) is 0 Å². The minimum absolute atomic E-state index is 0.0117. The minimum atomic E-state index is -1.89. The van der Waals surface area contributed by atoms with E-state index in [4.69, 9.17) is 4.74 Å². The SMILES string of the molecule is COC(=O)[C@]1(CC=O)C(=O)CCN1C(=O)OC(C)(C)C. The van der Waals surface area contributed by atoms with Crippen molar-refractivity contribution in [1.29, 1.82) is 0 Å². The summed E-state index contributed by atoms with van der Waals surface area (Å²) < 4.78 is 9.78. The summed E-state index contributed by atoms with van der Waals surface area (Å²) in [6.45, 7) is 5.03. The van der Waals surface area contributed by atoms with E-state index in [0.29, 0.717) is 6.29 Å². The highest BCUT2D eigenvalue weighted by Crippen LogP contribution is 2.31. The summed E-state index contributed by atoms with van der Waals surface area (Å²) in [5.74, 6) is -1.43. The molecule has 0 N–H and O–H groups in total. The number of hydrogen-bond acceptors (Lipinski definition) is 6. The monoisotopic (exact) mass is 285 g/mol. The van der Waals surface area contributed by atoms with E-state index in [1.54, 1.807) is 20.8 Å². The molecule has 1 saturated heterocycles. The first-order valence-electron chi connectivity index (χ1n) is 6.25. The smallest absolute Gasteiger partial charge is 0.411 e. The number of ketones is 1. The van der Waals surface area contributed by atoms with Gasteiger partial charge in [-0.25, -0.2) is 9.59 Å². The van der Waals surface area contributed by atoms with Crippen molar-refractivity contribution in [3.05, 3.63) is 0 Å². The van der Waals surface area contributed by atoms with E-state index in [9.17, 15) is 19.2 Å². The number of carbonyl (C=O) groups is 4. The van der Waals surface area contributed by atoms with E-state index < -0.39 is 35.4 Å². The highest BCUT2D eigenvalue weighted by Gasteiger charge is 2.58. The van der Waals surface area contributed by atoms with Gasteiger partial charge in [0.05, 0.1) is 7.11 Å². The van der Waals surface area contributed by atoms with Crippen LogP contribution in [0.25, 0.3) is 0 Å². The van der Waals surface area contributed by atoms with Gasteiger partial charge in [0, 0.05) is 19.4 Å². The second kappa shape index (κ2) is 5.60. The average Bonchev–Trinajstić information content (AvgIpc) is 2.65. The van der Waals surface area contributed by atoms with Gasteiger partial charge in [-0.15, -0.1) is 0 Å². The number of nitrogens with zero attached hydrogens (tertiary/aromatic N) is 1. The summed E-state index contributed by atoms with van der Waals surface area (Å²) in [7, 11) is 1.10. The Bertz CT molecular complexity index is 439. The number of aldehydes is 1. The molecule has 0 radical (unpaired) electrons. The number of likely N-dealkylation sites (tertiary alicyclic amines) is 1. The van der Waals surface area contributed by atoms with Gasteiger partial charge in [-0.2, -0.15) is 0 Å². The summed E-state index contributed by atoms with van der Waals surface area (Å²) in [4.78, 5) is 48.0. The van der Waals surface area contributed by atoms with Gasteiger partial charge in [0.15, 0.2) is 5.78 Å². The van der Waals surface area contributed by atoms with Crippen LogP contribution >= 0.6 is 0 Å². The normalized spacial score (nSPS) is 22.6. The zero-order valence-electron chi connectivity index (χ0n) is 12.1. The summed E-state index contributed by atoms with van der Waals surface area (Å²) in [6, 6.07) is 0. The van der Waals surface area contributed by atoms with Crippen molar-refractivity contribution in [2.75, 3.05) is 13.7 Å². The maximum Gasteiger partial charge on any atom is 0.411 e. The van der Waals surface area contributed by atoms with Crippen LogP contribution in [0.3, 0.4) is 0 Å². The van der Waals surface area contributed by atoms with Crippen LogP contribution < -0.4 is 0 Å². The molecule has 7 heteroatoms. The number of methoxy groups -OCH3 is 1. The molecule has 1 aliphatic heterocycles. The Morgan fingerprint density at radius 2 is 2.00 bits per heavy atom. The third-order valence-electron chi connectivity index (χ3n) is 3.00. The highest BCUT2D eigenvalue weighted by molar-refractivity contribution is 6.13. The molecule has 112 valence electrons. The Morgan fingerprint density at radius 1 is 1.40 bits per heavy atom. The molecule has 1 atom stereocenters. The zero-order valence-corrected chi connectivity index (χ0v) is 12.1. The van der Waals surface area contributed by atoms with Gasteiger partial charge in [0.25, 0.3) is 0 Å². The van der Waals surface area contributed by atoms with Gasteiger partial charge in [-0.05, 0) is 20.8 Å². The molecule has 0 bridgehead atoms. The quantitative estimate of drug-likeness (QED) is 0.430. The summed E-state index contributed by atoms with van der Waals surface area (Å²) in [5.41, 5.74) is -2.66. The van der Waals surface area contributed by atoms with Crippen molar-refractivity contribution < 1.29 is 28.7 Å². The lowest BCUT2D eigenvalue weighted by Crippen LogP contribution is -2.58. The molecule has 1 amide bonds. The molecule has 0 aliphatic carbocycles. The van der Waals surface area contributed by atoms with Crippen LogP contribution in [0, 0.1) is 0 Å². The maximum absolute atomic E-state index is 12.1. The Labute approximate surface area is 117 Å². The van der Waals surface area contributed by atoms with Crippen molar-refractivity contribution in [3.63, 3.8) is 0 Å². The van der Waals surface area contributed by atoms with E-state index in [1.165, 1.54) is 0 Å². The molecule has 0 unspecified atom stereocenters. The van der Waals surface area contributed by atoms with Crippen molar-refractivity contribution in [3.8, 4) is 0 Å². The first kappa shape index (κ1) is 16.1. The fraction of sp³-hybridized carbons (Fsp3) is 0.692. The molecule has 0 aromatic heterocycles. The molecular weight excluding hydrogens is 266 g/mol. The molecule has 1 rings (SSSR count).